The summed E-state index contributed by atoms with van der Waals surface area (Å²) in [6.45, 7) is 1.70. The van der Waals surface area contributed by atoms with E-state index in [-0.39, 0.29) is 29.1 Å². The number of thioether (sulfide) groups is 1. The first-order valence-corrected chi connectivity index (χ1v) is 13.8. The van der Waals surface area contributed by atoms with Gasteiger partial charge in [-0.2, -0.15) is 0 Å². The monoisotopic (exact) mass is 565 g/mol. The second-order valence-corrected chi connectivity index (χ2v) is 11.6. The van der Waals surface area contributed by atoms with Gasteiger partial charge in [0, 0.05) is 10.7 Å². The molecule has 1 N–H and O–H groups in total. The Hall–Kier alpha value is -3.60. The highest BCUT2D eigenvalue weighted by atomic mass is 35.5. The third-order valence-corrected chi connectivity index (χ3v) is 9.44. The number of nitrogens with zero attached hydrogens (tertiary/aromatic N) is 2. The molecule has 2 aromatic carbocycles. The maximum Gasteiger partial charge on any atom is 0.308 e. The minimum Gasteiger partial charge on any atom is -0.469 e. The van der Waals surface area contributed by atoms with Gasteiger partial charge < -0.3 is 9.73 Å². The van der Waals surface area contributed by atoms with Crippen molar-refractivity contribution in [2.24, 2.45) is 5.92 Å². The number of furan rings is 1. The predicted octanol–water partition coefficient (Wildman–Crippen LogP) is 4.90. The molecule has 4 aromatic rings. The van der Waals surface area contributed by atoms with Crippen LogP contribution in [0, 0.1) is 12.8 Å². The van der Waals surface area contributed by atoms with Crippen molar-refractivity contribution in [3.63, 3.8) is 0 Å². The van der Waals surface area contributed by atoms with Gasteiger partial charge in [0.2, 0.25) is 17.7 Å². The van der Waals surface area contributed by atoms with Crippen LogP contribution in [0.2, 0.25) is 5.02 Å². The molecule has 2 aromatic heterocycles. The van der Waals surface area contributed by atoms with E-state index in [4.69, 9.17) is 16.0 Å². The van der Waals surface area contributed by atoms with E-state index in [9.17, 15) is 19.2 Å². The number of carbonyl (C=O) groups excluding carboxylic acids is 3. The number of imide groups is 1. The van der Waals surface area contributed by atoms with Crippen molar-refractivity contribution < 1.29 is 18.8 Å². The van der Waals surface area contributed by atoms with Crippen LogP contribution in [0.25, 0.3) is 0 Å². The molecular weight excluding hydrogens is 546 g/mol. The molecule has 3 unspecified atom stereocenters. The van der Waals surface area contributed by atoms with E-state index < -0.39 is 17.1 Å². The SMILES string of the molecule is Cc1cccc(NC(=O)Cn2c3c(sc2=O)C(c2ccco2)C2C(=O)N(c4ccc(Cl)cc4)C(=O)C2S3)c1. The lowest BCUT2D eigenvalue weighted by molar-refractivity contribution is -0.122. The first-order chi connectivity index (χ1) is 18.3. The lowest BCUT2D eigenvalue weighted by Gasteiger charge is -2.29. The number of amides is 3. The lowest BCUT2D eigenvalue weighted by Crippen LogP contribution is -2.32. The summed E-state index contributed by atoms with van der Waals surface area (Å²) in [5.74, 6) is -2.05. The largest absolute Gasteiger partial charge is 0.469 e. The number of aromatic nitrogens is 1. The van der Waals surface area contributed by atoms with Crippen LogP contribution in [0.3, 0.4) is 0 Å². The zero-order valence-corrected chi connectivity index (χ0v) is 22.3. The van der Waals surface area contributed by atoms with Crippen LogP contribution in [0.15, 0.2) is 81.2 Å². The van der Waals surface area contributed by atoms with Crippen molar-refractivity contribution in [1.82, 2.24) is 4.57 Å². The molecule has 3 atom stereocenters. The van der Waals surface area contributed by atoms with E-state index in [1.165, 1.54) is 15.7 Å². The molecule has 4 heterocycles. The van der Waals surface area contributed by atoms with Crippen LogP contribution in [0.1, 0.15) is 22.1 Å². The molecule has 0 radical (unpaired) electrons. The van der Waals surface area contributed by atoms with Gasteiger partial charge in [-0.05, 0) is 61.0 Å². The zero-order valence-electron chi connectivity index (χ0n) is 19.9. The quantitative estimate of drug-likeness (QED) is 0.345. The summed E-state index contributed by atoms with van der Waals surface area (Å²) in [5, 5.41) is 3.03. The fraction of sp³-hybridized carbons (Fsp3) is 0.185. The Bertz CT molecular complexity index is 1630. The fourth-order valence-corrected chi connectivity index (χ4v) is 7.82. The summed E-state index contributed by atoms with van der Waals surface area (Å²) >= 11 is 8.14. The number of carbonyl (C=O) groups is 3. The maximum atomic E-state index is 13.7. The number of halogens is 1. The van der Waals surface area contributed by atoms with Gasteiger partial charge in [-0.1, -0.05) is 46.8 Å². The van der Waals surface area contributed by atoms with E-state index in [0.717, 1.165) is 28.7 Å². The number of hydrogen-bond donors (Lipinski definition) is 1. The van der Waals surface area contributed by atoms with Crippen molar-refractivity contribution in [1.29, 1.82) is 0 Å². The standard InChI is InChI=1S/C27H20ClN3O5S2/c1-14-4-2-5-16(12-14)29-19(32)13-30-26-23(38-27(30)35)20(18-6-3-11-36-18)21-22(37-26)25(34)31(24(21)33)17-9-7-15(28)8-10-17/h2-12,20-22H,13H2,1H3,(H,29,32). The minimum atomic E-state index is -0.791. The smallest absolute Gasteiger partial charge is 0.308 e. The number of rotatable bonds is 5. The van der Waals surface area contributed by atoms with Gasteiger partial charge in [-0.3, -0.25) is 23.7 Å². The van der Waals surface area contributed by atoms with Crippen LogP contribution in [0.4, 0.5) is 11.4 Å². The summed E-state index contributed by atoms with van der Waals surface area (Å²) < 4.78 is 7.09. The van der Waals surface area contributed by atoms with Gasteiger partial charge in [-0.15, -0.1) is 0 Å². The van der Waals surface area contributed by atoms with Crippen molar-refractivity contribution in [2.45, 2.75) is 29.7 Å². The Labute approximate surface area is 230 Å². The number of anilines is 2. The van der Waals surface area contributed by atoms with Crippen molar-refractivity contribution >= 4 is 63.8 Å². The van der Waals surface area contributed by atoms with E-state index in [0.29, 0.717) is 32.1 Å². The number of benzene rings is 2. The first kappa shape index (κ1) is 24.7. The van der Waals surface area contributed by atoms with Crippen molar-refractivity contribution in [2.75, 3.05) is 10.2 Å². The number of thiazole rings is 1. The van der Waals surface area contributed by atoms with Gasteiger partial charge in [0.15, 0.2) is 0 Å². The number of fused-ring (bicyclic) bond motifs is 2. The van der Waals surface area contributed by atoms with Crippen molar-refractivity contribution in [3.8, 4) is 0 Å². The molecular formula is C27H20ClN3O5S2. The molecule has 0 spiro atoms. The second kappa shape index (κ2) is 9.61. The molecule has 1 fully saturated rings. The summed E-state index contributed by atoms with van der Waals surface area (Å²) in [6, 6.07) is 17.3. The van der Waals surface area contributed by atoms with Crippen LogP contribution in [-0.2, 0) is 20.9 Å². The van der Waals surface area contributed by atoms with Crippen LogP contribution >= 0.6 is 34.7 Å². The molecule has 2 aliphatic heterocycles. The van der Waals surface area contributed by atoms with Gasteiger partial charge in [-0.25, -0.2) is 4.90 Å². The third-order valence-electron chi connectivity index (χ3n) is 6.59. The average molecular weight is 566 g/mol. The highest BCUT2D eigenvalue weighted by Crippen LogP contribution is 2.53. The summed E-state index contributed by atoms with van der Waals surface area (Å²) in [5.41, 5.74) is 2.05. The van der Waals surface area contributed by atoms with Gasteiger partial charge in [0.25, 0.3) is 0 Å². The number of aryl methyl sites for hydroxylation is 1. The number of hydrogen-bond acceptors (Lipinski definition) is 7. The molecule has 192 valence electrons. The second-order valence-electron chi connectivity index (χ2n) is 9.09. The van der Waals surface area contributed by atoms with Crippen molar-refractivity contribution in [3.05, 3.63) is 97.8 Å². The average Bonchev–Trinajstić information content (AvgIpc) is 3.58. The summed E-state index contributed by atoms with van der Waals surface area (Å²) in [7, 11) is 0. The molecule has 38 heavy (non-hydrogen) atoms. The number of nitrogens with one attached hydrogen (secondary N) is 1. The van der Waals surface area contributed by atoms with E-state index in [1.807, 2.05) is 25.1 Å². The summed E-state index contributed by atoms with van der Waals surface area (Å²) in [4.78, 5) is 54.8. The molecule has 11 heteroatoms. The Morgan fingerprint density at radius 2 is 1.84 bits per heavy atom. The minimum absolute atomic E-state index is 0.225. The zero-order chi connectivity index (χ0) is 26.6. The first-order valence-electron chi connectivity index (χ1n) is 11.8. The molecule has 2 aliphatic rings. The highest BCUT2D eigenvalue weighted by Gasteiger charge is 2.57. The molecule has 6 rings (SSSR count). The Morgan fingerprint density at radius 3 is 2.55 bits per heavy atom. The summed E-state index contributed by atoms with van der Waals surface area (Å²) in [6.07, 6.45) is 1.50. The van der Waals surface area contributed by atoms with Gasteiger partial charge in [0.05, 0.1) is 33.7 Å². The maximum absolute atomic E-state index is 13.7. The van der Waals surface area contributed by atoms with E-state index in [2.05, 4.69) is 5.32 Å². The van der Waals surface area contributed by atoms with Crippen LogP contribution < -0.4 is 15.1 Å². The van der Waals surface area contributed by atoms with Gasteiger partial charge >= 0.3 is 4.87 Å². The Balaban J connectivity index is 1.38. The molecule has 0 aliphatic carbocycles. The Morgan fingerprint density at radius 1 is 1.05 bits per heavy atom. The molecule has 1 saturated heterocycles. The molecule has 8 nitrogen and oxygen atoms in total. The molecule has 0 saturated carbocycles. The highest BCUT2D eigenvalue weighted by molar-refractivity contribution is 8.00. The Kier molecular flexibility index (Phi) is 6.25. The topological polar surface area (TPSA) is 102 Å². The van der Waals surface area contributed by atoms with Crippen LogP contribution in [0.5, 0.6) is 0 Å². The van der Waals surface area contributed by atoms with Gasteiger partial charge in [0.1, 0.15) is 17.6 Å². The van der Waals surface area contributed by atoms with E-state index >= 15 is 0 Å². The van der Waals surface area contributed by atoms with E-state index in [1.54, 1.807) is 42.5 Å². The fourth-order valence-electron chi connectivity index (χ4n) is 4.94. The third kappa shape index (κ3) is 4.18. The van der Waals surface area contributed by atoms with Crippen LogP contribution in [-0.4, -0.2) is 27.5 Å². The lowest BCUT2D eigenvalue weighted by atomic mass is 9.87. The normalized spacial score (nSPS) is 20.4. The molecule has 3 amide bonds. The molecule has 0 bridgehead atoms. The predicted molar refractivity (Wildman–Crippen MR) is 146 cm³/mol.